The minimum atomic E-state index is 0.459. The normalized spacial score (nSPS) is 10.6. The lowest BCUT2D eigenvalue weighted by molar-refractivity contribution is 0.284. The molecule has 7 nitrogen and oxygen atoms in total. The summed E-state index contributed by atoms with van der Waals surface area (Å²) in [5.41, 5.74) is 7.48. The summed E-state index contributed by atoms with van der Waals surface area (Å²) in [5, 5.41) is 7.22. The Balaban J connectivity index is 1.49. The molecular weight excluding hydrogens is 436 g/mol. The maximum atomic E-state index is 6.00. The van der Waals surface area contributed by atoms with Crippen LogP contribution in [0.3, 0.4) is 0 Å². The van der Waals surface area contributed by atoms with Crippen LogP contribution in [0.1, 0.15) is 16.7 Å². The number of benzene rings is 3. The van der Waals surface area contributed by atoms with E-state index in [1.807, 2.05) is 54.6 Å². The predicted molar refractivity (Wildman–Crippen MR) is 131 cm³/mol. The van der Waals surface area contributed by atoms with Gasteiger partial charge in [-0.25, -0.2) is 9.77 Å². The first-order valence-electron chi connectivity index (χ1n) is 10.5. The lowest BCUT2D eigenvalue weighted by atomic mass is 10.1. The largest absolute Gasteiger partial charge is 0.496 e. The quantitative estimate of drug-likeness (QED) is 0.331. The number of H-pyrrole nitrogens is 1. The molecule has 4 aromatic rings. The molecule has 0 spiro atoms. The molecule has 0 aliphatic rings. The molecule has 0 saturated heterocycles. The van der Waals surface area contributed by atoms with E-state index in [9.17, 15) is 0 Å². The summed E-state index contributed by atoms with van der Waals surface area (Å²) in [5.74, 6) is 2.72. The third-order valence-corrected chi connectivity index (χ3v) is 5.44. The Bertz CT molecular complexity index is 1300. The molecule has 4 rings (SSSR count). The maximum Gasteiger partial charge on any atom is 0.214 e. The van der Waals surface area contributed by atoms with Gasteiger partial charge in [-0.15, -0.1) is 0 Å². The van der Waals surface area contributed by atoms with E-state index >= 15 is 0 Å². The summed E-state index contributed by atoms with van der Waals surface area (Å²) in [7, 11) is 3.27. The average Bonchev–Trinajstić information content (AvgIpc) is 3.21. The van der Waals surface area contributed by atoms with E-state index in [1.165, 1.54) is 5.56 Å². The van der Waals surface area contributed by atoms with Crippen LogP contribution >= 0.6 is 12.2 Å². The van der Waals surface area contributed by atoms with Gasteiger partial charge in [0.15, 0.2) is 17.3 Å². The van der Waals surface area contributed by atoms with Crippen molar-refractivity contribution in [2.24, 2.45) is 0 Å². The number of hydrogen-bond donors (Lipinski definition) is 2. The molecule has 8 heteroatoms. The minimum Gasteiger partial charge on any atom is -0.496 e. The summed E-state index contributed by atoms with van der Waals surface area (Å²) in [6.07, 6.45) is 0. The van der Waals surface area contributed by atoms with E-state index in [0.29, 0.717) is 41.0 Å². The summed E-state index contributed by atoms with van der Waals surface area (Å²) >= 11 is 5.42. The Morgan fingerprint density at radius 3 is 2.52 bits per heavy atom. The molecule has 0 saturated carbocycles. The fraction of sp³-hybridized carbons (Fsp3) is 0.200. The number of hydrogen-bond acceptors (Lipinski definition) is 6. The summed E-state index contributed by atoms with van der Waals surface area (Å²) in [6.45, 7) is 3.05. The molecule has 3 aromatic carbocycles. The first-order valence-corrected chi connectivity index (χ1v) is 10.9. The van der Waals surface area contributed by atoms with Gasteiger partial charge in [-0.05, 0) is 54.5 Å². The second-order valence-electron chi connectivity index (χ2n) is 7.49. The van der Waals surface area contributed by atoms with Crippen LogP contribution in [0.15, 0.2) is 66.7 Å². The molecular formula is C25H26N4O3S. The fourth-order valence-electron chi connectivity index (χ4n) is 3.53. The van der Waals surface area contributed by atoms with Crippen LogP contribution in [0, 0.1) is 11.7 Å². The van der Waals surface area contributed by atoms with Crippen LogP contribution in [0.5, 0.6) is 17.2 Å². The lowest BCUT2D eigenvalue weighted by Crippen LogP contribution is -2.16. The third-order valence-electron chi connectivity index (χ3n) is 5.17. The van der Waals surface area contributed by atoms with Gasteiger partial charge in [0.25, 0.3) is 0 Å². The van der Waals surface area contributed by atoms with Crippen LogP contribution < -0.4 is 19.6 Å². The molecule has 0 bridgehead atoms. The van der Waals surface area contributed by atoms with Gasteiger partial charge in [-0.1, -0.05) is 48.0 Å². The summed E-state index contributed by atoms with van der Waals surface area (Å²) < 4.78 is 19.2. The van der Waals surface area contributed by atoms with E-state index in [1.54, 1.807) is 18.9 Å². The number of aromatic amines is 1. The zero-order chi connectivity index (χ0) is 23.2. The zero-order valence-electron chi connectivity index (χ0n) is 18.8. The van der Waals surface area contributed by atoms with Gasteiger partial charge in [0, 0.05) is 0 Å². The highest BCUT2D eigenvalue weighted by Crippen LogP contribution is 2.30. The molecule has 0 aliphatic heterocycles. The molecule has 0 amide bonds. The number of aromatic nitrogens is 3. The van der Waals surface area contributed by atoms with E-state index in [2.05, 4.69) is 34.7 Å². The van der Waals surface area contributed by atoms with E-state index < -0.39 is 0 Å². The first kappa shape index (κ1) is 22.4. The highest BCUT2D eigenvalue weighted by atomic mass is 32.1. The van der Waals surface area contributed by atoms with E-state index in [0.717, 1.165) is 16.7 Å². The number of nitrogens with one attached hydrogen (secondary N) is 2. The highest BCUT2D eigenvalue weighted by molar-refractivity contribution is 7.71. The van der Waals surface area contributed by atoms with Crippen molar-refractivity contribution in [3.05, 3.63) is 88.2 Å². The first-order chi connectivity index (χ1) is 16.1. The Morgan fingerprint density at radius 2 is 1.73 bits per heavy atom. The Morgan fingerprint density at radius 1 is 0.909 bits per heavy atom. The van der Waals surface area contributed by atoms with Crippen LogP contribution in [0.25, 0.3) is 11.4 Å². The van der Waals surface area contributed by atoms with Crippen molar-refractivity contribution >= 4 is 12.2 Å². The van der Waals surface area contributed by atoms with Gasteiger partial charge in [-0.3, -0.25) is 0 Å². The van der Waals surface area contributed by atoms with E-state index in [4.69, 9.17) is 26.4 Å². The summed E-state index contributed by atoms with van der Waals surface area (Å²) in [4.78, 5) is 0. The highest BCUT2D eigenvalue weighted by Gasteiger charge is 2.14. The molecule has 0 atom stereocenters. The molecule has 1 heterocycles. The van der Waals surface area contributed by atoms with Crippen LogP contribution in [0.2, 0.25) is 0 Å². The van der Waals surface area contributed by atoms with Crippen molar-refractivity contribution in [1.82, 2.24) is 14.9 Å². The number of methoxy groups -OCH3 is 2. The molecule has 0 fully saturated rings. The smallest absolute Gasteiger partial charge is 0.214 e. The Kier molecular flexibility index (Phi) is 6.95. The molecule has 2 N–H and O–H groups in total. The molecule has 0 radical (unpaired) electrons. The minimum absolute atomic E-state index is 0.459. The summed E-state index contributed by atoms with van der Waals surface area (Å²) in [6, 6.07) is 21.8. The van der Waals surface area contributed by atoms with E-state index in [-0.39, 0.29) is 0 Å². The number of rotatable bonds is 9. The van der Waals surface area contributed by atoms with Crippen molar-refractivity contribution in [2.45, 2.75) is 20.1 Å². The van der Waals surface area contributed by atoms with Crippen molar-refractivity contribution in [3.8, 4) is 28.6 Å². The zero-order valence-corrected chi connectivity index (χ0v) is 19.6. The fourth-order valence-corrected chi connectivity index (χ4v) is 3.72. The van der Waals surface area contributed by atoms with Crippen LogP contribution in [-0.2, 0) is 13.2 Å². The topological polar surface area (TPSA) is 73.3 Å². The molecule has 33 heavy (non-hydrogen) atoms. The second kappa shape index (κ2) is 10.2. The van der Waals surface area contributed by atoms with Gasteiger partial charge < -0.3 is 19.6 Å². The molecule has 170 valence electrons. The van der Waals surface area contributed by atoms with Gasteiger partial charge in [-0.2, -0.15) is 5.10 Å². The van der Waals surface area contributed by atoms with Gasteiger partial charge in [0.1, 0.15) is 12.4 Å². The molecule has 0 aliphatic carbocycles. The lowest BCUT2D eigenvalue weighted by Gasteiger charge is -2.15. The molecule has 0 unspecified atom stereocenters. The van der Waals surface area contributed by atoms with Gasteiger partial charge in [0.05, 0.1) is 26.3 Å². The molecule has 1 aromatic heterocycles. The van der Waals surface area contributed by atoms with Crippen LogP contribution in [-0.4, -0.2) is 29.1 Å². The average molecular weight is 463 g/mol. The van der Waals surface area contributed by atoms with Crippen molar-refractivity contribution in [2.75, 3.05) is 19.6 Å². The number of aryl methyl sites for hydroxylation is 1. The maximum absolute atomic E-state index is 6.00. The third kappa shape index (κ3) is 5.18. The Labute approximate surface area is 197 Å². The number of ether oxygens (including phenoxy) is 3. The second-order valence-corrected chi connectivity index (χ2v) is 7.87. The van der Waals surface area contributed by atoms with Crippen LogP contribution in [0.4, 0.5) is 0 Å². The Hall–Kier alpha value is -3.78. The predicted octanol–water partition coefficient (Wildman–Crippen LogP) is 5.26. The monoisotopic (exact) mass is 462 g/mol. The standard InChI is InChI=1S/C25H26N4O3S/c1-17-7-6-8-19(13-17)16-32-22-12-11-18(14-23(22)31-3)15-26-29-24(27-28-25(29)33)20-9-4-5-10-21(20)30-2/h4-14,26H,15-16H2,1-3H3,(H,28,33). The number of para-hydroxylation sites is 1. The van der Waals surface area contributed by atoms with Gasteiger partial charge >= 0.3 is 0 Å². The van der Waals surface area contributed by atoms with Crippen molar-refractivity contribution in [3.63, 3.8) is 0 Å². The number of nitrogens with zero attached hydrogens (tertiary/aromatic N) is 2. The van der Waals surface area contributed by atoms with Crippen molar-refractivity contribution in [1.29, 1.82) is 0 Å². The van der Waals surface area contributed by atoms with Crippen molar-refractivity contribution < 1.29 is 14.2 Å². The van der Waals surface area contributed by atoms with Gasteiger partial charge in [0.2, 0.25) is 4.77 Å². The SMILES string of the molecule is COc1cc(CNn2c(-c3ccccc3OC)n[nH]c2=S)ccc1OCc1cccc(C)c1.